The molecule has 4 heteroatoms. The number of hydrogen-bond donors (Lipinski definition) is 2. The van der Waals surface area contributed by atoms with Gasteiger partial charge in [0.15, 0.2) is 0 Å². The van der Waals surface area contributed by atoms with Gasteiger partial charge >= 0.3 is 0 Å². The maximum absolute atomic E-state index is 10.6. The van der Waals surface area contributed by atoms with Crippen molar-refractivity contribution in [3.63, 3.8) is 0 Å². The number of nitrogens with one attached hydrogen (secondary N) is 1. The normalized spacial score (nSPS) is 28.5. The second kappa shape index (κ2) is 7.09. The third-order valence-corrected chi connectivity index (χ3v) is 5.12. The molecule has 4 nitrogen and oxygen atoms in total. The van der Waals surface area contributed by atoms with E-state index in [9.17, 15) is 5.11 Å². The van der Waals surface area contributed by atoms with Crippen molar-refractivity contribution < 1.29 is 9.84 Å². The molecule has 0 spiro atoms. The fraction of sp³-hybridized carbons (Fsp3) is 0.667. The average molecular weight is 304 g/mol. The molecule has 1 aliphatic carbocycles. The molecule has 2 aliphatic rings. The highest BCUT2D eigenvalue weighted by molar-refractivity contribution is 5.33. The van der Waals surface area contributed by atoms with Gasteiger partial charge in [-0.1, -0.05) is 38.1 Å². The lowest BCUT2D eigenvalue weighted by atomic mass is 10.1. The predicted octanol–water partition coefficient (Wildman–Crippen LogP) is 1.21. The summed E-state index contributed by atoms with van der Waals surface area (Å²) in [5.74, 6) is 0. The van der Waals surface area contributed by atoms with Crippen molar-refractivity contribution in [3.8, 4) is 0 Å². The third-order valence-electron chi connectivity index (χ3n) is 5.12. The summed E-state index contributed by atoms with van der Waals surface area (Å²) in [5, 5.41) is 14.2. The number of aliphatic hydroxyl groups excluding tert-OH is 1. The Kier molecular flexibility index (Phi) is 5.14. The average Bonchev–Trinajstić information content (AvgIpc) is 3.09. The SMILES string of the molecule is CCN(CC)C[C@@H]1OC[C@H](NC2Cc3ccccc3C2)[C@H]1O. The molecule has 0 aromatic heterocycles. The van der Waals surface area contributed by atoms with Gasteiger partial charge in [0.1, 0.15) is 0 Å². The lowest BCUT2D eigenvalue weighted by Crippen LogP contribution is -2.48. The second-order valence-corrected chi connectivity index (χ2v) is 6.50. The number of likely N-dealkylation sites (N-methyl/N-ethyl adjacent to an activating group) is 1. The highest BCUT2D eigenvalue weighted by atomic mass is 16.5. The molecule has 122 valence electrons. The highest BCUT2D eigenvalue weighted by Gasteiger charge is 2.38. The van der Waals surface area contributed by atoms with E-state index in [4.69, 9.17) is 4.74 Å². The Labute approximate surface area is 133 Å². The van der Waals surface area contributed by atoms with Gasteiger partial charge in [-0.15, -0.1) is 0 Å². The molecule has 0 unspecified atom stereocenters. The largest absolute Gasteiger partial charge is 0.389 e. The van der Waals surface area contributed by atoms with E-state index >= 15 is 0 Å². The van der Waals surface area contributed by atoms with E-state index in [0.717, 1.165) is 32.5 Å². The van der Waals surface area contributed by atoms with E-state index < -0.39 is 6.10 Å². The van der Waals surface area contributed by atoms with Gasteiger partial charge in [-0.3, -0.25) is 0 Å². The summed E-state index contributed by atoms with van der Waals surface area (Å²) in [6, 6.07) is 9.11. The van der Waals surface area contributed by atoms with Crippen LogP contribution in [0.15, 0.2) is 24.3 Å². The fourth-order valence-electron chi connectivity index (χ4n) is 3.71. The van der Waals surface area contributed by atoms with Crippen LogP contribution in [0.2, 0.25) is 0 Å². The summed E-state index contributed by atoms with van der Waals surface area (Å²) in [6.45, 7) is 7.72. The van der Waals surface area contributed by atoms with Crippen LogP contribution in [0.5, 0.6) is 0 Å². The molecule has 1 heterocycles. The smallest absolute Gasteiger partial charge is 0.0989 e. The van der Waals surface area contributed by atoms with Gasteiger partial charge in [0.2, 0.25) is 0 Å². The summed E-state index contributed by atoms with van der Waals surface area (Å²) >= 11 is 0. The molecule has 0 saturated carbocycles. The molecule has 1 aliphatic heterocycles. The van der Waals surface area contributed by atoms with Crippen LogP contribution in [0, 0.1) is 0 Å². The monoisotopic (exact) mass is 304 g/mol. The summed E-state index contributed by atoms with van der Waals surface area (Å²) in [5.41, 5.74) is 2.88. The summed E-state index contributed by atoms with van der Waals surface area (Å²) in [6.07, 6.45) is 1.63. The van der Waals surface area contributed by atoms with Crippen LogP contribution < -0.4 is 5.32 Å². The molecule has 0 radical (unpaired) electrons. The topological polar surface area (TPSA) is 44.7 Å². The first-order valence-corrected chi connectivity index (χ1v) is 8.56. The molecular weight excluding hydrogens is 276 g/mol. The van der Waals surface area contributed by atoms with Crippen molar-refractivity contribution in [1.82, 2.24) is 10.2 Å². The van der Waals surface area contributed by atoms with Gasteiger partial charge in [-0.25, -0.2) is 0 Å². The zero-order valence-electron chi connectivity index (χ0n) is 13.7. The van der Waals surface area contributed by atoms with Crippen LogP contribution in [0.1, 0.15) is 25.0 Å². The Balaban J connectivity index is 1.52. The molecule has 1 aromatic carbocycles. The van der Waals surface area contributed by atoms with Crippen molar-refractivity contribution in [2.75, 3.05) is 26.2 Å². The number of rotatable bonds is 6. The molecule has 2 N–H and O–H groups in total. The van der Waals surface area contributed by atoms with Crippen LogP contribution in [0.25, 0.3) is 0 Å². The minimum Gasteiger partial charge on any atom is -0.389 e. The van der Waals surface area contributed by atoms with Crippen LogP contribution in [0.4, 0.5) is 0 Å². The van der Waals surface area contributed by atoms with Gasteiger partial charge in [0, 0.05) is 12.6 Å². The Morgan fingerprint density at radius 3 is 2.41 bits per heavy atom. The van der Waals surface area contributed by atoms with Gasteiger partial charge in [0.05, 0.1) is 24.9 Å². The number of ether oxygens (including phenoxy) is 1. The molecule has 3 atom stereocenters. The third kappa shape index (κ3) is 3.35. The second-order valence-electron chi connectivity index (χ2n) is 6.50. The zero-order valence-corrected chi connectivity index (χ0v) is 13.7. The number of hydrogen-bond acceptors (Lipinski definition) is 4. The lowest BCUT2D eigenvalue weighted by molar-refractivity contribution is 0.0169. The van der Waals surface area contributed by atoms with Crippen molar-refractivity contribution in [2.24, 2.45) is 0 Å². The van der Waals surface area contributed by atoms with Gasteiger partial charge in [-0.2, -0.15) is 0 Å². The first-order chi connectivity index (χ1) is 10.7. The van der Waals surface area contributed by atoms with E-state index in [0.29, 0.717) is 12.6 Å². The lowest BCUT2D eigenvalue weighted by Gasteiger charge is -2.25. The van der Waals surface area contributed by atoms with Crippen molar-refractivity contribution in [1.29, 1.82) is 0 Å². The Bertz CT molecular complexity index is 465. The molecular formula is C18H28N2O2. The van der Waals surface area contributed by atoms with Crippen molar-refractivity contribution in [3.05, 3.63) is 35.4 Å². The maximum Gasteiger partial charge on any atom is 0.0989 e. The van der Waals surface area contributed by atoms with Crippen LogP contribution in [-0.4, -0.2) is 60.5 Å². The van der Waals surface area contributed by atoms with Gasteiger partial charge < -0.3 is 20.1 Å². The Hall–Kier alpha value is -0.940. The minimum atomic E-state index is -0.413. The van der Waals surface area contributed by atoms with E-state index in [2.05, 4.69) is 48.3 Å². The van der Waals surface area contributed by atoms with Gasteiger partial charge in [0.25, 0.3) is 0 Å². The first kappa shape index (κ1) is 15.9. The predicted molar refractivity (Wildman–Crippen MR) is 88.1 cm³/mol. The van der Waals surface area contributed by atoms with Crippen molar-refractivity contribution >= 4 is 0 Å². The van der Waals surface area contributed by atoms with E-state index in [-0.39, 0.29) is 12.1 Å². The number of nitrogens with zero attached hydrogens (tertiary/aromatic N) is 1. The number of aliphatic hydroxyl groups is 1. The molecule has 1 aromatic rings. The fourth-order valence-corrected chi connectivity index (χ4v) is 3.71. The Morgan fingerprint density at radius 2 is 1.82 bits per heavy atom. The van der Waals surface area contributed by atoms with Gasteiger partial charge in [-0.05, 0) is 37.1 Å². The van der Waals surface area contributed by atoms with Crippen molar-refractivity contribution in [2.45, 2.75) is 51.0 Å². The molecule has 0 bridgehead atoms. The van der Waals surface area contributed by atoms with E-state index in [1.807, 2.05) is 0 Å². The quantitative estimate of drug-likeness (QED) is 0.829. The highest BCUT2D eigenvalue weighted by Crippen LogP contribution is 2.24. The zero-order chi connectivity index (χ0) is 15.5. The molecule has 0 amide bonds. The van der Waals surface area contributed by atoms with E-state index in [1.54, 1.807) is 0 Å². The standard InChI is InChI=1S/C18H28N2O2/c1-3-20(4-2)11-17-18(21)16(12-22-17)19-15-9-13-7-5-6-8-14(13)10-15/h5-8,15-19,21H,3-4,9-12H2,1-2H3/t16-,17-,18+/m0/s1. The molecule has 1 fully saturated rings. The molecule has 1 saturated heterocycles. The Morgan fingerprint density at radius 1 is 1.18 bits per heavy atom. The summed E-state index contributed by atoms with van der Waals surface area (Å²) in [7, 11) is 0. The van der Waals surface area contributed by atoms with Crippen LogP contribution >= 0.6 is 0 Å². The first-order valence-electron chi connectivity index (χ1n) is 8.56. The molecule has 22 heavy (non-hydrogen) atoms. The maximum atomic E-state index is 10.6. The summed E-state index contributed by atoms with van der Waals surface area (Å²) < 4.78 is 5.85. The van der Waals surface area contributed by atoms with E-state index in [1.165, 1.54) is 11.1 Å². The number of benzene rings is 1. The number of fused-ring (bicyclic) bond motifs is 1. The molecule has 3 rings (SSSR count). The van der Waals surface area contributed by atoms with Crippen LogP contribution in [0.3, 0.4) is 0 Å². The minimum absolute atomic E-state index is 0.0554. The van der Waals surface area contributed by atoms with Crippen LogP contribution in [-0.2, 0) is 17.6 Å². The summed E-state index contributed by atoms with van der Waals surface area (Å²) in [4.78, 5) is 2.31.